The van der Waals surface area contributed by atoms with Gasteiger partial charge in [-0.2, -0.15) is 0 Å². The third-order valence-corrected chi connectivity index (χ3v) is 5.07. The molecule has 0 aliphatic rings. The summed E-state index contributed by atoms with van der Waals surface area (Å²) in [6.07, 6.45) is 3.23. The fourth-order valence-electron chi connectivity index (χ4n) is 1.78. The van der Waals surface area contributed by atoms with Crippen molar-refractivity contribution in [1.82, 2.24) is 5.43 Å². The van der Waals surface area contributed by atoms with Gasteiger partial charge in [0.15, 0.2) is 0 Å². The molecule has 0 bridgehead atoms. The molecule has 0 aliphatic carbocycles. The predicted molar refractivity (Wildman–Crippen MR) is 76.7 cm³/mol. The maximum Gasteiger partial charge on any atom is 0.0568 e. The van der Waals surface area contributed by atoms with Gasteiger partial charge < -0.3 is 0 Å². The number of nitrogens with two attached hydrogens (primary N) is 1. The summed E-state index contributed by atoms with van der Waals surface area (Å²) < 4.78 is 0. The first-order chi connectivity index (χ1) is 8.31. The zero-order chi connectivity index (χ0) is 12.1. The molecular weight excluding hydrogens is 272 g/mol. The highest BCUT2D eigenvalue weighted by Gasteiger charge is 2.14. The number of hydrogen-bond acceptors (Lipinski definition) is 4. The summed E-state index contributed by atoms with van der Waals surface area (Å²) in [7, 11) is 0. The fourth-order valence-corrected chi connectivity index (χ4v) is 3.82. The Balaban J connectivity index is 1.86. The fraction of sp³-hybridized carbons (Fsp3) is 0.333. The number of nitrogens with one attached hydrogen (secondary N) is 1. The van der Waals surface area contributed by atoms with Crippen molar-refractivity contribution in [3.05, 3.63) is 43.7 Å². The Morgan fingerprint density at radius 3 is 2.76 bits per heavy atom. The first kappa shape index (κ1) is 13.1. The average Bonchev–Trinajstić information content (AvgIpc) is 2.96. The standard InChI is InChI=1S/C12H15ClN2S2/c13-10-6-8-17-12(10)11(15-14)5-1-3-9-4-2-7-16-9/h2,4,6-8,11,15H,1,3,5,14H2. The monoisotopic (exact) mass is 286 g/mol. The van der Waals surface area contributed by atoms with Gasteiger partial charge in [0.2, 0.25) is 0 Å². The topological polar surface area (TPSA) is 38.0 Å². The first-order valence-corrected chi connectivity index (χ1v) is 7.66. The van der Waals surface area contributed by atoms with E-state index < -0.39 is 0 Å². The van der Waals surface area contributed by atoms with Gasteiger partial charge >= 0.3 is 0 Å². The molecule has 1 atom stereocenters. The quantitative estimate of drug-likeness (QED) is 0.622. The van der Waals surface area contributed by atoms with Gasteiger partial charge in [-0.15, -0.1) is 22.7 Å². The van der Waals surface area contributed by atoms with Gasteiger partial charge in [0.05, 0.1) is 11.1 Å². The Morgan fingerprint density at radius 1 is 1.29 bits per heavy atom. The summed E-state index contributed by atoms with van der Waals surface area (Å²) in [6, 6.07) is 6.36. The summed E-state index contributed by atoms with van der Waals surface area (Å²) in [5, 5.41) is 4.93. The molecule has 0 aromatic carbocycles. The maximum absolute atomic E-state index is 6.11. The third-order valence-electron chi connectivity index (χ3n) is 2.66. The number of hydrogen-bond donors (Lipinski definition) is 2. The molecule has 17 heavy (non-hydrogen) atoms. The third kappa shape index (κ3) is 3.53. The van der Waals surface area contributed by atoms with Crippen molar-refractivity contribution in [2.24, 2.45) is 5.84 Å². The van der Waals surface area contributed by atoms with Crippen LogP contribution in [-0.2, 0) is 6.42 Å². The molecule has 3 N–H and O–H groups in total. The van der Waals surface area contributed by atoms with Crippen LogP contribution in [0.15, 0.2) is 29.0 Å². The molecule has 0 saturated heterocycles. The van der Waals surface area contributed by atoms with Crippen LogP contribution in [0.2, 0.25) is 5.02 Å². The molecule has 2 aromatic heterocycles. The van der Waals surface area contributed by atoms with Gasteiger partial charge in [-0.05, 0) is 42.2 Å². The van der Waals surface area contributed by atoms with Crippen molar-refractivity contribution in [2.45, 2.75) is 25.3 Å². The highest BCUT2D eigenvalue weighted by atomic mass is 35.5. The van der Waals surface area contributed by atoms with Crippen molar-refractivity contribution in [1.29, 1.82) is 0 Å². The minimum atomic E-state index is 0.169. The van der Waals surface area contributed by atoms with Crippen LogP contribution < -0.4 is 11.3 Å². The highest BCUT2D eigenvalue weighted by molar-refractivity contribution is 7.10. The largest absolute Gasteiger partial charge is 0.271 e. The Labute approximate surface area is 114 Å². The number of rotatable bonds is 6. The minimum Gasteiger partial charge on any atom is -0.271 e. The lowest BCUT2D eigenvalue weighted by Gasteiger charge is -2.14. The Bertz CT molecular complexity index is 439. The predicted octanol–water partition coefficient (Wildman–Crippen LogP) is 3.99. The van der Waals surface area contributed by atoms with Crippen LogP contribution in [0.4, 0.5) is 0 Å². The van der Waals surface area contributed by atoms with Crippen LogP contribution in [0.25, 0.3) is 0 Å². The Kier molecular flexibility index (Phi) is 5.00. The highest BCUT2D eigenvalue weighted by Crippen LogP contribution is 2.31. The molecule has 0 spiro atoms. The van der Waals surface area contributed by atoms with E-state index in [2.05, 4.69) is 22.9 Å². The summed E-state index contributed by atoms with van der Waals surface area (Å²) in [5.41, 5.74) is 2.85. The van der Waals surface area contributed by atoms with Crippen molar-refractivity contribution in [3.8, 4) is 0 Å². The molecule has 5 heteroatoms. The van der Waals surface area contributed by atoms with Crippen LogP contribution in [0.3, 0.4) is 0 Å². The molecule has 2 aromatic rings. The van der Waals surface area contributed by atoms with Crippen molar-refractivity contribution in [2.75, 3.05) is 0 Å². The van der Waals surface area contributed by atoms with Crippen LogP contribution in [0.5, 0.6) is 0 Å². The summed E-state index contributed by atoms with van der Waals surface area (Å²) in [5.74, 6) is 5.59. The van der Waals surface area contributed by atoms with Gasteiger partial charge in [-0.1, -0.05) is 17.7 Å². The van der Waals surface area contributed by atoms with Crippen molar-refractivity contribution in [3.63, 3.8) is 0 Å². The zero-order valence-corrected chi connectivity index (χ0v) is 11.7. The Hall–Kier alpha value is -0.390. The van der Waals surface area contributed by atoms with E-state index >= 15 is 0 Å². The molecule has 2 rings (SSSR count). The lowest BCUT2D eigenvalue weighted by Crippen LogP contribution is -2.27. The second-order valence-electron chi connectivity index (χ2n) is 3.82. The number of thiophene rings is 2. The summed E-state index contributed by atoms with van der Waals surface area (Å²) >= 11 is 9.57. The van der Waals surface area contributed by atoms with Gasteiger partial charge in [0, 0.05) is 9.75 Å². The molecular formula is C12H15ClN2S2. The smallest absolute Gasteiger partial charge is 0.0568 e. The molecule has 0 radical (unpaired) electrons. The molecule has 92 valence electrons. The average molecular weight is 287 g/mol. The Morgan fingerprint density at radius 2 is 2.18 bits per heavy atom. The van der Waals surface area contributed by atoms with E-state index in [-0.39, 0.29) is 6.04 Å². The second-order valence-corrected chi connectivity index (χ2v) is 6.21. The van der Waals surface area contributed by atoms with E-state index in [4.69, 9.17) is 17.4 Å². The molecule has 0 saturated carbocycles. The number of aryl methyl sites for hydroxylation is 1. The van der Waals surface area contributed by atoms with Crippen LogP contribution in [0, 0.1) is 0 Å². The van der Waals surface area contributed by atoms with E-state index in [0.29, 0.717) is 0 Å². The van der Waals surface area contributed by atoms with E-state index in [0.717, 1.165) is 29.2 Å². The number of hydrazine groups is 1. The van der Waals surface area contributed by atoms with Crippen LogP contribution >= 0.6 is 34.3 Å². The maximum atomic E-state index is 6.11. The van der Waals surface area contributed by atoms with E-state index in [9.17, 15) is 0 Å². The van der Waals surface area contributed by atoms with Crippen LogP contribution in [0.1, 0.15) is 28.6 Å². The molecule has 1 unspecified atom stereocenters. The van der Waals surface area contributed by atoms with E-state index in [1.165, 1.54) is 4.88 Å². The van der Waals surface area contributed by atoms with Crippen LogP contribution in [-0.4, -0.2) is 0 Å². The van der Waals surface area contributed by atoms with E-state index in [1.54, 1.807) is 11.3 Å². The molecule has 0 fully saturated rings. The van der Waals surface area contributed by atoms with Gasteiger partial charge in [-0.3, -0.25) is 11.3 Å². The summed E-state index contributed by atoms with van der Waals surface area (Å²) in [6.45, 7) is 0. The lowest BCUT2D eigenvalue weighted by atomic mass is 10.1. The van der Waals surface area contributed by atoms with Crippen molar-refractivity contribution < 1.29 is 0 Å². The molecule has 0 aliphatic heterocycles. The minimum absolute atomic E-state index is 0.169. The van der Waals surface area contributed by atoms with Gasteiger partial charge in [-0.25, -0.2) is 0 Å². The lowest BCUT2D eigenvalue weighted by molar-refractivity contribution is 0.506. The normalized spacial score (nSPS) is 12.8. The molecule has 2 nitrogen and oxygen atoms in total. The van der Waals surface area contributed by atoms with Gasteiger partial charge in [0.1, 0.15) is 0 Å². The SMILES string of the molecule is NNC(CCCc1cccs1)c1sccc1Cl. The van der Waals surface area contributed by atoms with Gasteiger partial charge in [0.25, 0.3) is 0 Å². The molecule has 0 amide bonds. The number of halogens is 1. The zero-order valence-electron chi connectivity index (χ0n) is 9.36. The molecule has 2 heterocycles. The summed E-state index contributed by atoms with van der Waals surface area (Å²) in [4.78, 5) is 2.57. The van der Waals surface area contributed by atoms with E-state index in [1.807, 2.05) is 22.8 Å². The van der Waals surface area contributed by atoms with Crippen molar-refractivity contribution >= 4 is 34.3 Å². The second kappa shape index (κ2) is 6.52. The first-order valence-electron chi connectivity index (χ1n) is 5.52.